The fourth-order valence-electron chi connectivity index (χ4n) is 1.50. The van der Waals surface area contributed by atoms with Crippen molar-refractivity contribution < 1.29 is 24.4 Å². The Labute approximate surface area is 108 Å². The van der Waals surface area contributed by atoms with E-state index in [1.165, 1.54) is 19.2 Å². The van der Waals surface area contributed by atoms with Gasteiger partial charge in [-0.05, 0) is 5.56 Å². The van der Waals surface area contributed by atoms with Crippen LogP contribution in [-0.4, -0.2) is 35.6 Å². The summed E-state index contributed by atoms with van der Waals surface area (Å²) in [5.74, 6) is -1.90. The quantitative estimate of drug-likeness (QED) is 0.439. The molecule has 1 aromatic carbocycles. The van der Waals surface area contributed by atoms with E-state index in [-0.39, 0.29) is 24.2 Å². The molecule has 0 atom stereocenters. The van der Waals surface area contributed by atoms with Crippen LogP contribution in [0.1, 0.15) is 15.9 Å². The lowest BCUT2D eigenvalue weighted by molar-refractivity contribution is -0.385. The number of nitrogens with one attached hydrogen (secondary N) is 1. The van der Waals surface area contributed by atoms with Gasteiger partial charge >= 0.3 is 11.9 Å². The topological polar surface area (TPSA) is 119 Å². The summed E-state index contributed by atoms with van der Waals surface area (Å²) in [6.45, 7) is -0.101. The van der Waals surface area contributed by atoms with Gasteiger partial charge in [0.1, 0.15) is 5.56 Å². The number of nitrogens with zero attached hydrogens (tertiary/aromatic N) is 1. The molecule has 0 radical (unpaired) electrons. The van der Waals surface area contributed by atoms with Crippen LogP contribution in [0.2, 0.25) is 0 Å². The number of carboxylic acids is 1. The van der Waals surface area contributed by atoms with E-state index in [9.17, 15) is 19.7 Å². The Bertz CT molecular complexity index is 514. The van der Waals surface area contributed by atoms with Gasteiger partial charge < -0.3 is 15.2 Å². The minimum absolute atomic E-state index is 0.0123. The summed E-state index contributed by atoms with van der Waals surface area (Å²) in [5.41, 5.74) is -0.639. The third-order valence-electron chi connectivity index (χ3n) is 2.35. The third-order valence-corrected chi connectivity index (χ3v) is 2.35. The first kappa shape index (κ1) is 14.6. The largest absolute Gasteiger partial charge is 0.477 e. The highest BCUT2D eigenvalue weighted by molar-refractivity contribution is 5.94. The van der Waals surface area contributed by atoms with Gasteiger partial charge in [-0.1, -0.05) is 12.1 Å². The number of hydrogen-bond acceptors (Lipinski definition) is 6. The molecule has 0 amide bonds. The molecule has 8 heteroatoms. The first-order valence-electron chi connectivity index (χ1n) is 5.24. The number of ether oxygens (including phenoxy) is 1. The maximum Gasteiger partial charge on any atom is 0.343 e. The van der Waals surface area contributed by atoms with Crippen LogP contribution < -0.4 is 5.32 Å². The second-order valence-electron chi connectivity index (χ2n) is 3.55. The zero-order valence-corrected chi connectivity index (χ0v) is 10.1. The van der Waals surface area contributed by atoms with Gasteiger partial charge in [0.15, 0.2) is 0 Å². The molecule has 8 nitrogen and oxygen atoms in total. The smallest absolute Gasteiger partial charge is 0.343 e. The van der Waals surface area contributed by atoms with Gasteiger partial charge in [0.2, 0.25) is 0 Å². The second kappa shape index (κ2) is 6.45. The number of carboxylic acid groups (broad SMARTS) is 1. The molecule has 0 saturated carbocycles. The van der Waals surface area contributed by atoms with Crippen LogP contribution >= 0.6 is 0 Å². The molecule has 0 spiro atoms. The number of nitro groups is 1. The van der Waals surface area contributed by atoms with Crippen LogP contribution in [0.3, 0.4) is 0 Å². The predicted octanol–water partition coefficient (Wildman–Crippen LogP) is 0.556. The Kier molecular flexibility index (Phi) is 4.95. The van der Waals surface area contributed by atoms with Gasteiger partial charge in [0.25, 0.3) is 5.69 Å². The maximum atomic E-state index is 11.1. The monoisotopic (exact) mass is 268 g/mol. The summed E-state index contributed by atoms with van der Waals surface area (Å²) in [5, 5.41) is 22.4. The molecule has 0 aliphatic carbocycles. The Morgan fingerprint density at radius 1 is 1.47 bits per heavy atom. The van der Waals surface area contributed by atoms with Crippen LogP contribution in [0.25, 0.3) is 0 Å². The van der Waals surface area contributed by atoms with E-state index >= 15 is 0 Å². The normalized spacial score (nSPS) is 9.95. The molecule has 0 heterocycles. The van der Waals surface area contributed by atoms with Crippen molar-refractivity contribution in [1.29, 1.82) is 0 Å². The molecular formula is C11H12N2O6. The molecule has 102 valence electrons. The fraction of sp³-hybridized carbons (Fsp3) is 0.273. The van der Waals surface area contributed by atoms with Crippen molar-refractivity contribution in [2.24, 2.45) is 0 Å². The van der Waals surface area contributed by atoms with E-state index < -0.39 is 22.5 Å². The van der Waals surface area contributed by atoms with Gasteiger partial charge in [0, 0.05) is 12.6 Å². The molecule has 2 N–H and O–H groups in total. The minimum atomic E-state index is -1.39. The first-order chi connectivity index (χ1) is 8.97. The van der Waals surface area contributed by atoms with E-state index in [2.05, 4.69) is 10.1 Å². The van der Waals surface area contributed by atoms with Crippen LogP contribution in [0.15, 0.2) is 18.2 Å². The lowest BCUT2D eigenvalue weighted by Gasteiger charge is -2.07. The summed E-state index contributed by atoms with van der Waals surface area (Å²) in [6, 6.07) is 3.95. The van der Waals surface area contributed by atoms with Gasteiger partial charge in [0.05, 0.1) is 18.6 Å². The number of carbonyl (C=O) groups is 2. The molecule has 0 fully saturated rings. The van der Waals surface area contributed by atoms with E-state index in [0.29, 0.717) is 0 Å². The Hall–Kier alpha value is -2.48. The molecule has 1 aromatic rings. The van der Waals surface area contributed by atoms with Gasteiger partial charge in [-0.3, -0.25) is 14.9 Å². The number of methoxy groups -OCH3 is 1. The van der Waals surface area contributed by atoms with E-state index in [0.717, 1.165) is 6.07 Å². The van der Waals surface area contributed by atoms with Crippen molar-refractivity contribution in [1.82, 2.24) is 5.32 Å². The molecule has 0 unspecified atom stereocenters. The zero-order chi connectivity index (χ0) is 14.4. The molecule has 0 aliphatic heterocycles. The highest BCUT2D eigenvalue weighted by Crippen LogP contribution is 2.22. The van der Waals surface area contributed by atoms with Crippen molar-refractivity contribution in [3.63, 3.8) is 0 Å². The average molecular weight is 268 g/mol. The fourth-order valence-corrected chi connectivity index (χ4v) is 1.50. The van der Waals surface area contributed by atoms with Gasteiger partial charge in [-0.15, -0.1) is 0 Å². The number of esters is 1. The Morgan fingerprint density at radius 3 is 2.68 bits per heavy atom. The third kappa shape index (κ3) is 3.75. The summed E-state index contributed by atoms with van der Waals surface area (Å²) < 4.78 is 4.40. The number of rotatable bonds is 6. The summed E-state index contributed by atoms with van der Waals surface area (Å²) in [6.07, 6.45) is 0. The Morgan fingerprint density at radius 2 is 2.16 bits per heavy atom. The SMILES string of the molecule is COC(=O)CNCc1cccc([N+](=O)[O-])c1C(=O)O. The van der Waals surface area contributed by atoms with Crippen molar-refractivity contribution >= 4 is 17.6 Å². The molecule has 19 heavy (non-hydrogen) atoms. The number of carbonyl (C=O) groups excluding carboxylic acids is 1. The highest BCUT2D eigenvalue weighted by Gasteiger charge is 2.23. The summed E-state index contributed by atoms with van der Waals surface area (Å²) in [4.78, 5) is 32.0. The number of nitro benzene ring substituents is 1. The van der Waals surface area contributed by atoms with Crippen LogP contribution in [0, 0.1) is 10.1 Å². The van der Waals surface area contributed by atoms with E-state index in [4.69, 9.17) is 5.11 Å². The van der Waals surface area contributed by atoms with Crippen LogP contribution in [-0.2, 0) is 16.1 Å². The lowest BCUT2D eigenvalue weighted by atomic mass is 10.1. The standard InChI is InChI=1S/C11H12N2O6/c1-19-9(14)6-12-5-7-3-2-4-8(13(17)18)10(7)11(15)16/h2-4,12H,5-6H2,1H3,(H,15,16). The predicted molar refractivity (Wildman–Crippen MR) is 63.8 cm³/mol. The van der Waals surface area contributed by atoms with Crippen molar-refractivity contribution in [2.75, 3.05) is 13.7 Å². The molecule has 0 aromatic heterocycles. The highest BCUT2D eigenvalue weighted by atomic mass is 16.6. The molecule has 0 bridgehead atoms. The van der Waals surface area contributed by atoms with Crippen LogP contribution in [0.4, 0.5) is 5.69 Å². The van der Waals surface area contributed by atoms with Crippen molar-refractivity contribution in [3.05, 3.63) is 39.4 Å². The van der Waals surface area contributed by atoms with Crippen molar-refractivity contribution in [2.45, 2.75) is 6.54 Å². The molecule has 0 saturated heterocycles. The van der Waals surface area contributed by atoms with Crippen molar-refractivity contribution in [3.8, 4) is 0 Å². The zero-order valence-electron chi connectivity index (χ0n) is 10.1. The maximum absolute atomic E-state index is 11.1. The van der Waals surface area contributed by atoms with E-state index in [1.807, 2.05) is 0 Å². The molecule has 0 aliphatic rings. The number of aromatic carboxylic acids is 1. The van der Waals surface area contributed by atoms with Crippen LogP contribution in [0.5, 0.6) is 0 Å². The summed E-state index contributed by atoms with van der Waals surface area (Å²) in [7, 11) is 1.22. The number of benzene rings is 1. The average Bonchev–Trinajstić information content (AvgIpc) is 2.37. The number of hydrogen-bond donors (Lipinski definition) is 2. The molecular weight excluding hydrogens is 256 g/mol. The lowest BCUT2D eigenvalue weighted by Crippen LogP contribution is -2.24. The second-order valence-corrected chi connectivity index (χ2v) is 3.55. The van der Waals surface area contributed by atoms with Gasteiger partial charge in [-0.2, -0.15) is 0 Å². The molecule has 1 rings (SSSR count). The Balaban J connectivity index is 2.94. The summed E-state index contributed by atoms with van der Waals surface area (Å²) >= 11 is 0. The first-order valence-corrected chi connectivity index (χ1v) is 5.24. The van der Waals surface area contributed by atoms with Gasteiger partial charge in [-0.25, -0.2) is 4.79 Å². The minimum Gasteiger partial charge on any atom is -0.477 e. The van der Waals surface area contributed by atoms with E-state index in [1.54, 1.807) is 0 Å².